The molecule has 0 saturated carbocycles. The fourth-order valence-corrected chi connectivity index (χ4v) is 5.06. The lowest BCUT2D eigenvalue weighted by atomic mass is 10.1. The number of rotatable bonds is 9. The number of hydrazone groups is 1. The number of aromatic nitrogens is 3. The molecule has 2 N–H and O–H groups in total. The van der Waals surface area contributed by atoms with Gasteiger partial charge in [-0.25, -0.2) is 5.43 Å². The monoisotopic (exact) mass is 560 g/mol. The van der Waals surface area contributed by atoms with Crippen molar-refractivity contribution in [3.8, 4) is 5.69 Å². The Kier molecular flexibility index (Phi) is 8.23. The number of carbonyl (C=O) groups is 1. The van der Waals surface area contributed by atoms with Crippen LogP contribution in [0, 0.1) is 0 Å². The molecule has 1 heterocycles. The van der Waals surface area contributed by atoms with Gasteiger partial charge in [-0.1, -0.05) is 95.6 Å². The lowest BCUT2D eigenvalue weighted by molar-refractivity contribution is -0.118. The zero-order valence-electron chi connectivity index (χ0n) is 20.0. The molecule has 0 bridgehead atoms. The molecule has 0 atom stereocenters. The number of thioether (sulfide) groups is 1. The van der Waals surface area contributed by atoms with Gasteiger partial charge >= 0.3 is 0 Å². The molecule has 190 valence electrons. The predicted molar refractivity (Wildman–Crippen MR) is 156 cm³/mol. The van der Waals surface area contributed by atoms with Crippen molar-refractivity contribution in [3.63, 3.8) is 0 Å². The van der Waals surface area contributed by atoms with Crippen molar-refractivity contribution in [1.82, 2.24) is 20.2 Å². The van der Waals surface area contributed by atoms with Gasteiger partial charge in [-0.15, -0.1) is 10.2 Å². The summed E-state index contributed by atoms with van der Waals surface area (Å²) in [5, 5.41) is 20.2. The highest BCUT2D eigenvalue weighted by molar-refractivity contribution is 7.99. The normalized spacial score (nSPS) is 11.2. The van der Waals surface area contributed by atoms with E-state index in [0.717, 1.165) is 28.0 Å². The first-order valence-corrected chi connectivity index (χ1v) is 13.4. The van der Waals surface area contributed by atoms with Crippen LogP contribution in [0.4, 0.5) is 5.69 Å². The van der Waals surface area contributed by atoms with Gasteiger partial charge in [0.25, 0.3) is 5.91 Å². The van der Waals surface area contributed by atoms with E-state index in [1.165, 1.54) is 18.0 Å². The third-order valence-electron chi connectivity index (χ3n) is 5.63. The summed E-state index contributed by atoms with van der Waals surface area (Å²) in [5.74, 6) is 0.546. The van der Waals surface area contributed by atoms with E-state index in [0.29, 0.717) is 27.3 Å². The van der Waals surface area contributed by atoms with Crippen molar-refractivity contribution in [3.05, 3.63) is 112 Å². The maximum atomic E-state index is 12.5. The molecule has 10 heteroatoms. The van der Waals surface area contributed by atoms with Crippen molar-refractivity contribution < 1.29 is 4.79 Å². The van der Waals surface area contributed by atoms with Crippen molar-refractivity contribution in [2.45, 2.75) is 11.7 Å². The van der Waals surface area contributed by atoms with E-state index in [9.17, 15) is 4.79 Å². The minimum absolute atomic E-state index is 0.105. The lowest BCUT2D eigenvalue weighted by Gasteiger charge is -2.12. The average Bonchev–Trinajstić information content (AvgIpc) is 3.35. The smallest absolute Gasteiger partial charge is 0.250 e. The lowest BCUT2D eigenvalue weighted by Crippen LogP contribution is -2.20. The van der Waals surface area contributed by atoms with Gasteiger partial charge in [-0.3, -0.25) is 9.36 Å². The van der Waals surface area contributed by atoms with Crippen molar-refractivity contribution in [2.24, 2.45) is 5.10 Å². The molecule has 0 fully saturated rings. The molecule has 5 aromatic rings. The largest absolute Gasteiger partial charge is 0.377 e. The molecule has 0 radical (unpaired) electrons. The number of nitrogens with zero attached hydrogens (tertiary/aromatic N) is 4. The molecule has 0 aliphatic heterocycles. The average molecular weight is 561 g/mol. The fourth-order valence-electron chi connectivity index (χ4n) is 3.84. The van der Waals surface area contributed by atoms with Crippen LogP contribution < -0.4 is 10.7 Å². The summed E-state index contributed by atoms with van der Waals surface area (Å²) in [4.78, 5) is 12.5. The van der Waals surface area contributed by atoms with Gasteiger partial charge in [0.1, 0.15) is 0 Å². The maximum Gasteiger partial charge on any atom is 0.250 e. The fraction of sp³-hybridized carbons (Fsp3) is 0.0714. The van der Waals surface area contributed by atoms with E-state index < -0.39 is 0 Å². The summed E-state index contributed by atoms with van der Waals surface area (Å²) in [7, 11) is 0. The molecule has 0 saturated heterocycles. The van der Waals surface area contributed by atoms with E-state index in [2.05, 4.69) is 44.2 Å². The number of fused-ring (bicyclic) bond motifs is 1. The topological polar surface area (TPSA) is 84.2 Å². The minimum atomic E-state index is -0.283. The van der Waals surface area contributed by atoms with Gasteiger partial charge in [0.15, 0.2) is 11.0 Å². The van der Waals surface area contributed by atoms with Crippen LogP contribution in [0.1, 0.15) is 11.4 Å². The Balaban J connectivity index is 1.29. The van der Waals surface area contributed by atoms with Gasteiger partial charge in [-0.05, 0) is 35.7 Å². The molecular weight excluding hydrogens is 539 g/mol. The number of halogens is 2. The maximum absolute atomic E-state index is 12.5. The summed E-state index contributed by atoms with van der Waals surface area (Å²) in [6.45, 7) is 0.453. The van der Waals surface area contributed by atoms with E-state index >= 15 is 0 Å². The van der Waals surface area contributed by atoms with Gasteiger partial charge in [0.2, 0.25) is 0 Å². The molecule has 7 nitrogen and oxygen atoms in total. The Hall–Kier alpha value is -3.85. The zero-order chi connectivity index (χ0) is 26.3. The molecular formula is C28H22Cl2N6OS. The summed E-state index contributed by atoms with van der Waals surface area (Å²) in [5.41, 5.74) is 5.09. The molecule has 0 aliphatic carbocycles. The van der Waals surface area contributed by atoms with Crippen LogP contribution >= 0.6 is 35.0 Å². The highest BCUT2D eigenvalue weighted by Crippen LogP contribution is 2.26. The van der Waals surface area contributed by atoms with Crippen LogP contribution in [0.3, 0.4) is 0 Å². The van der Waals surface area contributed by atoms with Crippen molar-refractivity contribution in [2.75, 3.05) is 11.1 Å². The van der Waals surface area contributed by atoms with E-state index in [1.54, 1.807) is 18.2 Å². The first-order chi connectivity index (χ1) is 18.6. The first-order valence-electron chi connectivity index (χ1n) is 11.7. The molecule has 1 aromatic heterocycles. The van der Waals surface area contributed by atoms with E-state index in [1.807, 2.05) is 59.2 Å². The van der Waals surface area contributed by atoms with Crippen LogP contribution in [0.5, 0.6) is 0 Å². The highest BCUT2D eigenvalue weighted by Gasteiger charge is 2.16. The molecule has 0 spiro atoms. The number of amides is 1. The number of para-hydroxylation sites is 1. The Morgan fingerprint density at radius 3 is 2.58 bits per heavy atom. The second kappa shape index (κ2) is 12.1. The Morgan fingerprint density at radius 1 is 0.947 bits per heavy atom. The molecule has 38 heavy (non-hydrogen) atoms. The number of hydrogen-bond acceptors (Lipinski definition) is 6. The standard InChI is InChI=1S/C28H22Cl2N6OS/c29-21-14-13-20(24(30)15-21)16-32-34-27(37)18-38-28-35-33-26(36(28)22-9-2-1-3-10-22)17-31-25-12-6-8-19-7-4-5-11-23(19)25/h1-16,31H,17-18H2,(H,34,37)/b32-16-. The third-order valence-corrected chi connectivity index (χ3v) is 7.12. The second-order valence-corrected chi connectivity index (χ2v) is 9.98. The molecule has 4 aromatic carbocycles. The van der Waals surface area contributed by atoms with Crippen molar-refractivity contribution in [1.29, 1.82) is 0 Å². The summed E-state index contributed by atoms with van der Waals surface area (Å²) < 4.78 is 1.95. The van der Waals surface area contributed by atoms with Crippen LogP contribution in [0.2, 0.25) is 10.0 Å². The quantitative estimate of drug-likeness (QED) is 0.121. The third kappa shape index (κ3) is 6.16. The summed E-state index contributed by atoms with van der Waals surface area (Å²) in [6, 6.07) is 29.2. The van der Waals surface area contributed by atoms with Crippen LogP contribution in [-0.4, -0.2) is 32.6 Å². The SMILES string of the molecule is O=C(CSc1nnc(CNc2cccc3ccccc23)n1-c1ccccc1)N/N=C\c1ccc(Cl)cc1Cl. The van der Waals surface area contributed by atoms with Gasteiger partial charge < -0.3 is 5.32 Å². The Labute approximate surface area is 233 Å². The highest BCUT2D eigenvalue weighted by atomic mass is 35.5. The van der Waals surface area contributed by atoms with E-state index in [-0.39, 0.29) is 11.7 Å². The number of hydrogen-bond donors (Lipinski definition) is 2. The zero-order valence-corrected chi connectivity index (χ0v) is 22.3. The van der Waals surface area contributed by atoms with Crippen LogP contribution in [-0.2, 0) is 11.3 Å². The Bertz CT molecular complexity index is 1600. The molecule has 1 amide bonds. The van der Waals surface area contributed by atoms with Gasteiger partial charge in [-0.2, -0.15) is 5.10 Å². The molecule has 0 unspecified atom stereocenters. The summed E-state index contributed by atoms with van der Waals surface area (Å²) in [6.07, 6.45) is 1.48. The second-order valence-electron chi connectivity index (χ2n) is 8.20. The van der Waals surface area contributed by atoms with Gasteiger partial charge in [0.05, 0.1) is 23.5 Å². The van der Waals surface area contributed by atoms with Crippen molar-refractivity contribution >= 4 is 63.5 Å². The van der Waals surface area contributed by atoms with Gasteiger partial charge in [0, 0.05) is 27.3 Å². The Morgan fingerprint density at radius 2 is 1.74 bits per heavy atom. The minimum Gasteiger partial charge on any atom is -0.377 e. The molecule has 0 aliphatic rings. The van der Waals surface area contributed by atoms with Crippen LogP contribution in [0.25, 0.3) is 16.5 Å². The first kappa shape index (κ1) is 25.8. The number of anilines is 1. The van der Waals surface area contributed by atoms with Crippen LogP contribution in [0.15, 0.2) is 101 Å². The number of carbonyl (C=O) groups excluding carboxylic acids is 1. The number of nitrogens with one attached hydrogen (secondary N) is 2. The van der Waals surface area contributed by atoms with E-state index in [4.69, 9.17) is 23.2 Å². The molecule has 5 rings (SSSR count). The summed E-state index contributed by atoms with van der Waals surface area (Å²) >= 11 is 13.3. The predicted octanol–water partition coefficient (Wildman–Crippen LogP) is 6.58. The number of benzene rings is 4.